The molecule has 0 rings (SSSR count). The monoisotopic (exact) mass is 230 g/mol. The van der Waals surface area contributed by atoms with Crippen molar-refractivity contribution in [1.82, 2.24) is 0 Å². The van der Waals surface area contributed by atoms with Crippen molar-refractivity contribution in [3.8, 4) is 0 Å². The van der Waals surface area contributed by atoms with E-state index in [1.54, 1.807) is 0 Å². The molecule has 0 aliphatic carbocycles. The standard InChI is InChI=1S/CHF3O3S.2K.2H/c2-1(3,4)8(5,6)7;;;;/h(H,5,6,7);;;;/q;2*+1;2*-1. The van der Waals surface area contributed by atoms with Gasteiger partial charge in [-0.3, -0.25) is 4.55 Å². The third-order valence-electron chi connectivity index (χ3n) is 0.292. The van der Waals surface area contributed by atoms with Crippen molar-refractivity contribution < 1.29 is 132 Å². The summed E-state index contributed by atoms with van der Waals surface area (Å²) in [7, 11) is -5.84. The van der Waals surface area contributed by atoms with Crippen molar-refractivity contribution in [2.45, 2.75) is 5.51 Å². The molecule has 10 heavy (non-hydrogen) atoms. The first-order valence-corrected chi connectivity index (χ1v) is 2.73. The maximum Gasteiger partial charge on any atom is 1.00 e. The van der Waals surface area contributed by atoms with Crippen LogP contribution in [0.1, 0.15) is 2.85 Å². The van der Waals surface area contributed by atoms with Crippen LogP contribution in [0, 0.1) is 0 Å². The average Bonchev–Trinajstić information content (AvgIpc) is 1.25. The van der Waals surface area contributed by atoms with Crippen LogP contribution in [0.25, 0.3) is 0 Å². The van der Waals surface area contributed by atoms with Crippen LogP contribution in [-0.4, -0.2) is 18.5 Å². The fourth-order valence-corrected chi connectivity index (χ4v) is 0. The third kappa shape index (κ3) is 7.61. The second-order valence-electron chi connectivity index (χ2n) is 0.921. The smallest absolute Gasteiger partial charge is 1.00 e. The number of hydrogen-bond acceptors (Lipinski definition) is 2. The molecule has 0 aliphatic rings. The van der Waals surface area contributed by atoms with Crippen molar-refractivity contribution in [3.63, 3.8) is 0 Å². The zero-order valence-corrected chi connectivity index (χ0v) is 12.4. The Hall–Kier alpha value is 2.97. The van der Waals surface area contributed by atoms with Gasteiger partial charge in [-0.2, -0.15) is 21.6 Å². The van der Waals surface area contributed by atoms with Gasteiger partial charge in [-0.1, -0.05) is 0 Å². The van der Waals surface area contributed by atoms with E-state index >= 15 is 0 Å². The van der Waals surface area contributed by atoms with E-state index in [1.807, 2.05) is 0 Å². The predicted molar refractivity (Wildman–Crippen MR) is 19.8 cm³/mol. The summed E-state index contributed by atoms with van der Waals surface area (Å²) in [6.07, 6.45) is 0. The molecule has 0 aromatic rings. The number of halogens is 3. The molecule has 0 radical (unpaired) electrons. The fourth-order valence-electron chi connectivity index (χ4n) is 0. The van der Waals surface area contributed by atoms with E-state index < -0.39 is 15.6 Å². The topological polar surface area (TPSA) is 54.4 Å². The summed E-state index contributed by atoms with van der Waals surface area (Å²) in [6.45, 7) is 0. The Balaban J connectivity index is -0.0000000408. The van der Waals surface area contributed by atoms with Crippen LogP contribution >= 0.6 is 0 Å². The normalized spacial score (nSPS) is 11.2. The number of rotatable bonds is 0. The molecule has 0 aliphatic heterocycles. The SMILES string of the molecule is O=S(=O)(O)C(F)(F)F.[H-].[H-].[K+].[K+]. The molecule has 0 saturated carbocycles. The first-order valence-electron chi connectivity index (χ1n) is 1.29. The molecule has 1 N–H and O–H groups in total. The van der Waals surface area contributed by atoms with Crippen molar-refractivity contribution >= 4 is 10.1 Å². The van der Waals surface area contributed by atoms with Gasteiger partial charge in [0.05, 0.1) is 0 Å². The minimum atomic E-state index is -5.84. The van der Waals surface area contributed by atoms with Gasteiger partial charge in [0.2, 0.25) is 0 Å². The van der Waals surface area contributed by atoms with E-state index in [9.17, 15) is 13.2 Å². The zero-order valence-electron chi connectivity index (χ0n) is 7.31. The molecule has 9 heteroatoms. The van der Waals surface area contributed by atoms with Crippen molar-refractivity contribution in [2.24, 2.45) is 0 Å². The fraction of sp³-hybridized carbons (Fsp3) is 1.00. The maximum atomic E-state index is 10.7. The van der Waals surface area contributed by atoms with E-state index in [1.165, 1.54) is 0 Å². The summed E-state index contributed by atoms with van der Waals surface area (Å²) in [4.78, 5) is 0. The Morgan fingerprint density at radius 3 is 1.30 bits per heavy atom. The maximum absolute atomic E-state index is 10.7. The Morgan fingerprint density at radius 2 is 1.30 bits per heavy atom. The molecular weight excluding hydrogens is 227 g/mol. The molecule has 0 fully saturated rings. The van der Waals surface area contributed by atoms with Gasteiger partial charge in [0.1, 0.15) is 0 Å². The number of hydrogen-bond donors (Lipinski definition) is 1. The van der Waals surface area contributed by atoms with E-state index in [4.69, 9.17) is 13.0 Å². The summed E-state index contributed by atoms with van der Waals surface area (Å²) in [5.74, 6) is 0. The van der Waals surface area contributed by atoms with Gasteiger partial charge in [0.15, 0.2) is 0 Å². The van der Waals surface area contributed by atoms with Gasteiger partial charge in [-0.15, -0.1) is 0 Å². The number of alkyl halides is 3. The van der Waals surface area contributed by atoms with E-state index in [0.717, 1.165) is 0 Å². The van der Waals surface area contributed by atoms with E-state index in [2.05, 4.69) is 0 Å². The van der Waals surface area contributed by atoms with Crippen LogP contribution in [0.3, 0.4) is 0 Å². The summed E-state index contributed by atoms with van der Waals surface area (Å²) < 4.78 is 57.5. The van der Waals surface area contributed by atoms with Crippen LogP contribution in [0.2, 0.25) is 0 Å². The van der Waals surface area contributed by atoms with Crippen molar-refractivity contribution in [2.75, 3.05) is 0 Å². The molecule has 0 saturated heterocycles. The largest absolute Gasteiger partial charge is 1.00 e. The molecule has 54 valence electrons. The first kappa shape index (κ1) is 18.7. The Kier molecular flexibility index (Phi) is 12.0. The second kappa shape index (κ2) is 6.43. The molecule has 0 unspecified atom stereocenters. The van der Waals surface area contributed by atoms with E-state index in [0.29, 0.717) is 0 Å². The molecule has 0 heterocycles. The van der Waals surface area contributed by atoms with Crippen LogP contribution in [0.4, 0.5) is 13.2 Å². The van der Waals surface area contributed by atoms with E-state index in [-0.39, 0.29) is 106 Å². The molecule has 0 aromatic heterocycles. The van der Waals surface area contributed by atoms with Crippen molar-refractivity contribution in [3.05, 3.63) is 0 Å². The Labute approximate surface area is 144 Å². The molecular formula is CH3F3K2O3S. The average molecular weight is 230 g/mol. The van der Waals surface area contributed by atoms with Gasteiger partial charge in [0.25, 0.3) is 0 Å². The molecule has 0 amide bonds. The Bertz CT molecular complexity index is 178. The van der Waals surface area contributed by atoms with Gasteiger partial charge in [-0.25, -0.2) is 0 Å². The quantitative estimate of drug-likeness (QED) is 0.257. The molecule has 0 aromatic carbocycles. The second-order valence-corrected chi connectivity index (χ2v) is 2.33. The zero-order chi connectivity index (χ0) is 7.00. The van der Waals surface area contributed by atoms with Crippen molar-refractivity contribution in [1.29, 1.82) is 0 Å². The summed E-state index contributed by atoms with van der Waals surface area (Å²) >= 11 is 0. The molecule has 0 spiro atoms. The summed E-state index contributed by atoms with van der Waals surface area (Å²) in [5.41, 5.74) is -5.53. The molecule has 0 bridgehead atoms. The van der Waals surface area contributed by atoms with Crippen LogP contribution in [-0.2, 0) is 10.1 Å². The first-order chi connectivity index (χ1) is 3.25. The van der Waals surface area contributed by atoms with Gasteiger partial charge < -0.3 is 2.85 Å². The minimum Gasteiger partial charge on any atom is -1.00 e. The summed E-state index contributed by atoms with van der Waals surface area (Å²) in [6, 6.07) is 0. The van der Waals surface area contributed by atoms with Crippen LogP contribution < -0.4 is 103 Å². The Morgan fingerprint density at radius 1 is 1.20 bits per heavy atom. The van der Waals surface area contributed by atoms with Crippen LogP contribution in [0.15, 0.2) is 0 Å². The van der Waals surface area contributed by atoms with Gasteiger partial charge in [-0.05, 0) is 0 Å². The minimum absolute atomic E-state index is 0. The van der Waals surface area contributed by atoms with Gasteiger partial charge >= 0.3 is 118 Å². The summed E-state index contributed by atoms with van der Waals surface area (Å²) in [5, 5.41) is 0. The van der Waals surface area contributed by atoms with Gasteiger partial charge in [0, 0.05) is 0 Å². The molecule has 0 atom stereocenters. The van der Waals surface area contributed by atoms with Crippen LogP contribution in [0.5, 0.6) is 0 Å². The predicted octanol–water partition coefficient (Wildman–Crippen LogP) is -5.37. The third-order valence-corrected chi connectivity index (χ3v) is 0.877. The molecule has 3 nitrogen and oxygen atoms in total.